The van der Waals surface area contributed by atoms with Gasteiger partial charge in [-0.25, -0.2) is 4.39 Å². The number of hydrogen-bond donors (Lipinski definition) is 1. The molecule has 3 rings (SSSR count). The van der Waals surface area contributed by atoms with Crippen molar-refractivity contribution in [3.8, 4) is 5.75 Å². The summed E-state index contributed by atoms with van der Waals surface area (Å²) in [5.74, 6) is -0.0529. The lowest BCUT2D eigenvalue weighted by Crippen LogP contribution is -2.23. The molecular formula is C17H13ClFNO2. The summed E-state index contributed by atoms with van der Waals surface area (Å²) >= 11 is 5.93. The van der Waals surface area contributed by atoms with Gasteiger partial charge in [-0.3, -0.25) is 4.79 Å². The van der Waals surface area contributed by atoms with E-state index in [4.69, 9.17) is 16.3 Å². The lowest BCUT2D eigenvalue weighted by Gasteiger charge is -2.13. The largest absolute Gasteiger partial charge is 0.483 e. The zero-order valence-electron chi connectivity index (χ0n) is 11.8. The van der Waals surface area contributed by atoms with Crippen LogP contribution in [0.4, 0.5) is 4.39 Å². The zero-order valence-corrected chi connectivity index (χ0v) is 12.5. The van der Waals surface area contributed by atoms with Crippen molar-refractivity contribution < 1.29 is 13.9 Å². The average molecular weight is 318 g/mol. The summed E-state index contributed by atoms with van der Waals surface area (Å²) < 4.78 is 18.4. The summed E-state index contributed by atoms with van der Waals surface area (Å²) in [7, 11) is 0. The summed E-state index contributed by atoms with van der Waals surface area (Å²) in [6.45, 7) is 1.67. The number of aromatic nitrogens is 1. The standard InChI is InChI=1S/C17H13ClFNO2/c1-10(22-13-5-3-12(19)4-6-13)17(21)15-9-20-16-8-11(18)2-7-14(15)16/h2-10,20H,1H3. The minimum absolute atomic E-state index is 0.155. The third kappa shape index (κ3) is 2.83. The fourth-order valence-corrected chi connectivity index (χ4v) is 2.46. The lowest BCUT2D eigenvalue weighted by molar-refractivity contribution is 0.0820. The van der Waals surface area contributed by atoms with E-state index in [1.165, 1.54) is 24.3 Å². The number of hydrogen-bond acceptors (Lipinski definition) is 2. The number of ether oxygens (including phenoxy) is 1. The van der Waals surface area contributed by atoms with E-state index in [1.807, 2.05) is 0 Å². The van der Waals surface area contributed by atoms with Crippen molar-refractivity contribution in [2.45, 2.75) is 13.0 Å². The first-order valence-corrected chi connectivity index (χ1v) is 7.15. The van der Waals surface area contributed by atoms with Gasteiger partial charge in [0.25, 0.3) is 0 Å². The van der Waals surface area contributed by atoms with E-state index in [-0.39, 0.29) is 11.6 Å². The molecule has 5 heteroatoms. The monoisotopic (exact) mass is 317 g/mol. The number of carbonyl (C=O) groups is 1. The van der Waals surface area contributed by atoms with Crippen molar-refractivity contribution in [3.05, 3.63) is 65.1 Å². The van der Waals surface area contributed by atoms with Gasteiger partial charge in [0.2, 0.25) is 5.78 Å². The normalized spacial score (nSPS) is 12.3. The van der Waals surface area contributed by atoms with E-state index in [9.17, 15) is 9.18 Å². The van der Waals surface area contributed by atoms with Crippen LogP contribution in [0, 0.1) is 5.82 Å². The molecule has 2 aromatic carbocycles. The second-order valence-electron chi connectivity index (χ2n) is 4.97. The summed E-state index contributed by atoms with van der Waals surface area (Å²) in [5, 5.41) is 1.40. The molecule has 0 bridgehead atoms. The second-order valence-corrected chi connectivity index (χ2v) is 5.41. The number of Topliss-reactive ketones (excluding diaryl/α,β-unsaturated/α-hetero) is 1. The molecule has 0 aliphatic rings. The van der Waals surface area contributed by atoms with Gasteiger partial charge in [0.15, 0.2) is 6.10 Å². The summed E-state index contributed by atoms with van der Waals surface area (Å²) in [6, 6.07) is 10.9. The fraction of sp³-hybridized carbons (Fsp3) is 0.118. The van der Waals surface area contributed by atoms with E-state index in [1.54, 1.807) is 31.3 Å². The van der Waals surface area contributed by atoms with Crippen LogP contribution < -0.4 is 4.74 Å². The van der Waals surface area contributed by atoms with Crippen LogP contribution in [0.15, 0.2) is 48.7 Å². The number of nitrogens with one attached hydrogen (secondary N) is 1. The van der Waals surface area contributed by atoms with Crippen LogP contribution >= 0.6 is 11.6 Å². The van der Waals surface area contributed by atoms with Gasteiger partial charge >= 0.3 is 0 Å². The molecule has 0 saturated heterocycles. The van der Waals surface area contributed by atoms with E-state index in [2.05, 4.69) is 4.98 Å². The van der Waals surface area contributed by atoms with Crippen LogP contribution in [0.5, 0.6) is 5.75 Å². The molecule has 0 radical (unpaired) electrons. The molecule has 0 spiro atoms. The number of aromatic amines is 1. The SMILES string of the molecule is CC(Oc1ccc(F)cc1)C(=O)c1c[nH]c2cc(Cl)ccc12. The maximum atomic E-state index is 12.9. The van der Waals surface area contributed by atoms with Gasteiger partial charge in [-0.05, 0) is 43.3 Å². The first-order chi connectivity index (χ1) is 10.5. The highest BCUT2D eigenvalue weighted by atomic mass is 35.5. The van der Waals surface area contributed by atoms with Gasteiger partial charge in [-0.1, -0.05) is 17.7 Å². The van der Waals surface area contributed by atoms with Gasteiger partial charge in [0.1, 0.15) is 11.6 Å². The second kappa shape index (κ2) is 5.81. The Bertz CT molecular complexity index is 826. The van der Waals surface area contributed by atoms with Gasteiger partial charge in [-0.2, -0.15) is 0 Å². The topological polar surface area (TPSA) is 42.1 Å². The maximum Gasteiger partial charge on any atom is 0.205 e. The Hall–Kier alpha value is -2.33. The lowest BCUT2D eigenvalue weighted by atomic mass is 10.1. The van der Waals surface area contributed by atoms with Crippen LogP contribution in [-0.4, -0.2) is 16.9 Å². The van der Waals surface area contributed by atoms with Gasteiger partial charge < -0.3 is 9.72 Å². The molecule has 0 saturated carbocycles. The third-order valence-corrected chi connectivity index (χ3v) is 3.64. The molecule has 112 valence electrons. The van der Waals surface area contributed by atoms with Crippen LogP contribution in [-0.2, 0) is 0 Å². The number of halogens is 2. The van der Waals surface area contributed by atoms with Gasteiger partial charge in [-0.15, -0.1) is 0 Å². The molecule has 0 aliphatic heterocycles. The molecule has 3 nitrogen and oxygen atoms in total. The first kappa shape index (κ1) is 14.6. The van der Waals surface area contributed by atoms with Crippen molar-refractivity contribution in [1.82, 2.24) is 4.98 Å². The Morgan fingerprint density at radius 2 is 1.95 bits per heavy atom. The van der Waals surface area contributed by atoms with Crippen LogP contribution in [0.25, 0.3) is 10.9 Å². The first-order valence-electron chi connectivity index (χ1n) is 6.77. The highest BCUT2D eigenvalue weighted by Gasteiger charge is 2.20. The predicted octanol–water partition coefficient (Wildman–Crippen LogP) is 4.61. The minimum atomic E-state index is -0.680. The number of fused-ring (bicyclic) bond motifs is 1. The smallest absolute Gasteiger partial charge is 0.205 e. The molecule has 1 unspecified atom stereocenters. The third-order valence-electron chi connectivity index (χ3n) is 3.40. The number of benzene rings is 2. The molecule has 0 aliphatic carbocycles. The molecule has 0 fully saturated rings. The molecule has 22 heavy (non-hydrogen) atoms. The van der Waals surface area contributed by atoms with Crippen LogP contribution in [0.2, 0.25) is 5.02 Å². The van der Waals surface area contributed by atoms with Crippen molar-refractivity contribution in [2.24, 2.45) is 0 Å². The highest BCUT2D eigenvalue weighted by Crippen LogP contribution is 2.24. The fourth-order valence-electron chi connectivity index (χ4n) is 2.29. The molecular weight excluding hydrogens is 305 g/mol. The maximum absolute atomic E-state index is 12.9. The van der Waals surface area contributed by atoms with Crippen molar-refractivity contribution in [2.75, 3.05) is 0 Å². The van der Waals surface area contributed by atoms with Crippen molar-refractivity contribution in [1.29, 1.82) is 0 Å². The molecule has 1 aromatic heterocycles. The number of H-pyrrole nitrogens is 1. The summed E-state index contributed by atoms with van der Waals surface area (Å²) in [5.41, 5.74) is 1.34. The number of rotatable bonds is 4. The van der Waals surface area contributed by atoms with Gasteiger partial charge in [0.05, 0.1) is 0 Å². The molecule has 1 heterocycles. The van der Waals surface area contributed by atoms with Crippen molar-refractivity contribution in [3.63, 3.8) is 0 Å². The average Bonchev–Trinajstić information content (AvgIpc) is 2.91. The molecule has 1 atom stereocenters. The molecule has 3 aromatic rings. The van der Waals surface area contributed by atoms with E-state index in [0.29, 0.717) is 16.3 Å². The minimum Gasteiger partial charge on any atom is -0.483 e. The zero-order chi connectivity index (χ0) is 15.7. The van der Waals surface area contributed by atoms with Crippen molar-refractivity contribution >= 4 is 28.3 Å². The van der Waals surface area contributed by atoms with Crippen LogP contribution in [0.1, 0.15) is 17.3 Å². The number of ketones is 1. The quantitative estimate of drug-likeness (QED) is 0.714. The van der Waals surface area contributed by atoms with Gasteiger partial charge in [0, 0.05) is 27.7 Å². The predicted molar refractivity (Wildman–Crippen MR) is 84.1 cm³/mol. The number of carbonyl (C=O) groups excluding carboxylic acids is 1. The Morgan fingerprint density at radius 1 is 1.23 bits per heavy atom. The van der Waals surface area contributed by atoms with E-state index in [0.717, 1.165) is 10.9 Å². The Balaban J connectivity index is 1.84. The highest BCUT2D eigenvalue weighted by molar-refractivity contribution is 6.31. The molecule has 0 amide bonds. The summed E-state index contributed by atoms with van der Waals surface area (Å²) in [4.78, 5) is 15.5. The Kier molecular flexibility index (Phi) is 3.86. The van der Waals surface area contributed by atoms with E-state index < -0.39 is 6.10 Å². The summed E-state index contributed by atoms with van der Waals surface area (Å²) in [6.07, 6.45) is 0.966. The molecule has 1 N–H and O–H groups in total. The van der Waals surface area contributed by atoms with E-state index >= 15 is 0 Å². The Labute approximate surface area is 131 Å². The van der Waals surface area contributed by atoms with Crippen LogP contribution in [0.3, 0.4) is 0 Å². The Morgan fingerprint density at radius 3 is 2.68 bits per heavy atom.